The van der Waals surface area contributed by atoms with Gasteiger partial charge in [0.05, 0.1) is 18.8 Å². The number of imidazole rings is 1. The van der Waals surface area contributed by atoms with Crippen molar-refractivity contribution in [1.29, 1.82) is 0 Å². The Balaban J connectivity index is 1.75. The Morgan fingerprint density at radius 3 is 2.95 bits per heavy atom. The van der Waals surface area contributed by atoms with Gasteiger partial charge in [0.15, 0.2) is 10.8 Å². The van der Waals surface area contributed by atoms with Gasteiger partial charge in [-0.2, -0.15) is 0 Å². The minimum absolute atomic E-state index is 0.0287. The van der Waals surface area contributed by atoms with E-state index < -0.39 is 0 Å². The highest BCUT2D eigenvalue weighted by Gasteiger charge is 2.32. The molecule has 3 heterocycles. The number of anilines is 1. The maximum atomic E-state index is 9.72. The number of nitrogens with zero attached hydrogens (tertiary/aromatic N) is 3. The fourth-order valence-corrected chi connectivity index (χ4v) is 3.96. The van der Waals surface area contributed by atoms with E-state index in [0.29, 0.717) is 6.04 Å². The van der Waals surface area contributed by atoms with Crippen LogP contribution in [0.25, 0.3) is 4.96 Å². The first-order valence-electron chi connectivity index (χ1n) is 6.71. The van der Waals surface area contributed by atoms with E-state index in [9.17, 15) is 5.11 Å². The van der Waals surface area contributed by atoms with Gasteiger partial charge in [0.1, 0.15) is 0 Å². The fraction of sp³-hybridized carbons (Fsp3) is 0.357. The van der Waals surface area contributed by atoms with Crippen molar-refractivity contribution < 1.29 is 5.11 Å². The zero-order chi connectivity index (χ0) is 13.5. The Morgan fingerprint density at radius 2 is 2.25 bits per heavy atom. The second-order valence-electron chi connectivity index (χ2n) is 5.03. The molecule has 3 aromatic heterocycles. The molecule has 0 saturated heterocycles. The largest absolute Gasteiger partial charge is 0.390 e. The molecule has 0 spiro atoms. The molecule has 0 aromatic carbocycles. The summed E-state index contributed by atoms with van der Waals surface area (Å²) >= 11 is 3.39. The second kappa shape index (κ2) is 4.87. The molecule has 3 aromatic rings. The Bertz CT molecular complexity index is 712. The molecule has 4 nitrogen and oxygen atoms in total. The third-order valence-corrected chi connectivity index (χ3v) is 5.27. The summed E-state index contributed by atoms with van der Waals surface area (Å²) in [6, 6.07) is 4.83. The lowest BCUT2D eigenvalue weighted by Gasteiger charge is -2.22. The number of aliphatic hydroxyl groups is 1. The molecule has 4 rings (SSSR count). The smallest absolute Gasteiger partial charge is 0.195 e. The van der Waals surface area contributed by atoms with Gasteiger partial charge < -0.3 is 10.0 Å². The van der Waals surface area contributed by atoms with E-state index in [1.807, 2.05) is 16.0 Å². The van der Waals surface area contributed by atoms with Gasteiger partial charge in [-0.15, -0.1) is 22.7 Å². The van der Waals surface area contributed by atoms with Crippen molar-refractivity contribution in [2.45, 2.75) is 32.0 Å². The van der Waals surface area contributed by atoms with Gasteiger partial charge in [0, 0.05) is 22.5 Å². The maximum absolute atomic E-state index is 9.72. The molecule has 1 aliphatic rings. The van der Waals surface area contributed by atoms with Gasteiger partial charge in [-0.05, 0) is 24.3 Å². The first-order chi connectivity index (χ1) is 9.86. The van der Waals surface area contributed by atoms with Crippen LogP contribution in [0.15, 0.2) is 29.1 Å². The molecule has 0 radical (unpaired) electrons. The average Bonchev–Trinajstić information content (AvgIpc) is 2.88. The summed E-state index contributed by atoms with van der Waals surface area (Å²) in [6.07, 6.45) is 4.43. The van der Waals surface area contributed by atoms with Crippen LogP contribution in [-0.4, -0.2) is 20.5 Å². The van der Waals surface area contributed by atoms with Crippen LogP contribution >= 0.6 is 22.7 Å². The molecule has 1 N–H and O–H groups in total. The first kappa shape index (κ1) is 12.4. The molecular weight excluding hydrogens is 290 g/mol. The second-order valence-corrected chi connectivity index (χ2v) is 6.94. The van der Waals surface area contributed by atoms with E-state index in [2.05, 4.69) is 22.4 Å². The SMILES string of the molecule is OCc1c(N(Cc2cccs2)C2CC2)nc2sccn12. The van der Waals surface area contributed by atoms with Crippen molar-refractivity contribution in [3.8, 4) is 0 Å². The molecule has 0 bridgehead atoms. The number of aromatic nitrogens is 2. The highest BCUT2D eigenvalue weighted by Crippen LogP contribution is 2.36. The molecule has 20 heavy (non-hydrogen) atoms. The minimum atomic E-state index is 0.0287. The topological polar surface area (TPSA) is 40.8 Å². The molecule has 0 atom stereocenters. The van der Waals surface area contributed by atoms with Crippen LogP contribution in [-0.2, 0) is 13.2 Å². The number of fused-ring (bicyclic) bond motifs is 1. The first-order valence-corrected chi connectivity index (χ1v) is 8.47. The zero-order valence-electron chi connectivity index (χ0n) is 10.9. The highest BCUT2D eigenvalue weighted by molar-refractivity contribution is 7.15. The number of rotatable bonds is 5. The van der Waals surface area contributed by atoms with Gasteiger partial charge >= 0.3 is 0 Å². The molecule has 6 heteroatoms. The third kappa shape index (κ3) is 2.04. The monoisotopic (exact) mass is 305 g/mol. The fourth-order valence-electron chi connectivity index (χ4n) is 2.53. The minimum Gasteiger partial charge on any atom is -0.390 e. The van der Waals surface area contributed by atoms with Gasteiger partial charge in [-0.1, -0.05) is 6.07 Å². The van der Waals surface area contributed by atoms with E-state index in [0.717, 1.165) is 23.0 Å². The number of aliphatic hydroxyl groups excluding tert-OH is 1. The third-order valence-electron chi connectivity index (χ3n) is 3.66. The number of hydrogen-bond acceptors (Lipinski definition) is 5. The maximum Gasteiger partial charge on any atom is 0.195 e. The van der Waals surface area contributed by atoms with Crippen LogP contribution in [0.2, 0.25) is 0 Å². The average molecular weight is 305 g/mol. The molecule has 1 aliphatic carbocycles. The van der Waals surface area contributed by atoms with Crippen molar-refractivity contribution in [2.24, 2.45) is 0 Å². The predicted molar refractivity (Wildman–Crippen MR) is 82.5 cm³/mol. The number of thiazole rings is 1. The highest BCUT2D eigenvalue weighted by atomic mass is 32.1. The van der Waals surface area contributed by atoms with Crippen LogP contribution in [0.1, 0.15) is 23.4 Å². The van der Waals surface area contributed by atoms with Crippen LogP contribution in [0.3, 0.4) is 0 Å². The number of thiophene rings is 1. The quantitative estimate of drug-likeness (QED) is 0.787. The molecule has 1 saturated carbocycles. The van der Waals surface area contributed by atoms with Crippen molar-refractivity contribution in [1.82, 2.24) is 9.38 Å². The molecule has 0 unspecified atom stereocenters. The van der Waals surface area contributed by atoms with Gasteiger partial charge in [-0.25, -0.2) is 4.98 Å². The molecule has 104 valence electrons. The molecular formula is C14H15N3OS2. The summed E-state index contributed by atoms with van der Waals surface area (Å²) in [4.78, 5) is 9.40. The summed E-state index contributed by atoms with van der Waals surface area (Å²) < 4.78 is 2.00. The summed E-state index contributed by atoms with van der Waals surface area (Å²) in [6.45, 7) is 0.918. The Labute approximate surface area is 124 Å². The lowest BCUT2D eigenvalue weighted by atomic mass is 10.3. The molecule has 1 fully saturated rings. The van der Waals surface area contributed by atoms with Crippen LogP contribution in [0, 0.1) is 0 Å². The molecule has 0 amide bonds. The van der Waals surface area contributed by atoms with E-state index in [1.165, 1.54) is 17.7 Å². The van der Waals surface area contributed by atoms with E-state index in [-0.39, 0.29) is 6.61 Å². The normalized spacial score (nSPS) is 15.1. The Morgan fingerprint density at radius 1 is 1.35 bits per heavy atom. The summed E-state index contributed by atoms with van der Waals surface area (Å²) in [5.41, 5.74) is 0.907. The van der Waals surface area contributed by atoms with Crippen molar-refractivity contribution in [2.75, 3.05) is 4.90 Å². The summed E-state index contributed by atoms with van der Waals surface area (Å²) in [5.74, 6) is 0.954. The predicted octanol–water partition coefficient (Wildman–Crippen LogP) is 3.12. The van der Waals surface area contributed by atoms with Gasteiger partial charge in [0.25, 0.3) is 0 Å². The summed E-state index contributed by atoms with van der Waals surface area (Å²) in [7, 11) is 0. The van der Waals surface area contributed by atoms with Crippen molar-refractivity contribution in [3.05, 3.63) is 39.7 Å². The van der Waals surface area contributed by atoms with Crippen molar-refractivity contribution in [3.63, 3.8) is 0 Å². The van der Waals surface area contributed by atoms with E-state index >= 15 is 0 Å². The van der Waals surface area contributed by atoms with Crippen LogP contribution < -0.4 is 4.90 Å². The lowest BCUT2D eigenvalue weighted by Crippen LogP contribution is -2.26. The van der Waals surface area contributed by atoms with E-state index in [1.54, 1.807) is 22.7 Å². The van der Waals surface area contributed by atoms with E-state index in [4.69, 9.17) is 4.98 Å². The molecule has 0 aliphatic heterocycles. The van der Waals surface area contributed by atoms with Gasteiger partial charge in [-0.3, -0.25) is 4.40 Å². The lowest BCUT2D eigenvalue weighted by molar-refractivity contribution is 0.276. The Hall–Kier alpha value is -1.37. The summed E-state index contributed by atoms with van der Waals surface area (Å²) in [5, 5.41) is 13.8. The van der Waals surface area contributed by atoms with Crippen LogP contribution in [0.5, 0.6) is 0 Å². The number of hydrogen-bond donors (Lipinski definition) is 1. The standard InChI is InChI=1S/C14H15N3OS2/c18-9-12-13(15-14-16(12)5-7-20-14)17(10-3-4-10)8-11-2-1-6-19-11/h1-2,5-7,10,18H,3-4,8-9H2. The Kier molecular flexibility index (Phi) is 3.02. The van der Waals surface area contributed by atoms with Crippen molar-refractivity contribution >= 4 is 33.5 Å². The van der Waals surface area contributed by atoms with Crippen LogP contribution in [0.4, 0.5) is 5.82 Å². The zero-order valence-corrected chi connectivity index (χ0v) is 12.5. The van der Waals surface area contributed by atoms with Gasteiger partial charge in [0.2, 0.25) is 0 Å².